The van der Waals surface area contributed by atoms with E-state index in [1.54, 1.807) is 0 Å². The van der Waals surface area contributed by atoms with Gasteiger partial charge in [-0.1, -0.05) is 19.1 Å². The van der Waals surface area contributed by atoms with Gasteiger partial charge < -0.3 is 15.5 Å². The molecule has 1 aliphatic rings. The van der Waals surface area contributed by atoms with Crippen molar-refractivity contribution in [2.45, 2.75) is 33.1 Å². The first-order valence-corrected chi connectivity index (χ1v) is 8.40. The first kappa shape index (κ1) is 20.7. The highest BCUT2D eigenvalue weighted by Gasteiger charge is 2.18. The summed E-state index contributed by atoms with van der Waals surface area (Å²) in [6, 6.07) is 7.99. The van der Waals surface area contributed by atoms with Gasteiger partial charge in [0.25, 0.3) is 0 Å². The fraction of sp³-hybridized carbons (Fsp3) is 0.556. The van der Waals surface area contributed by atoms with Gasteiger partial charge in [0.2, 0.25) is 5.91 Å². The molecule has 24 heavy (non-hydrogen) atoms. The molecule has 2 N–H and O–H groups in total. The van der Waals surface area contributed by atoms with Crippen LogP contribution in [0.15, 0.2) is 29.3 Å². The third-order valence-electron chi connectivity index (χ3n) is 4.27. The highest BCUT2D eigenvalue weighted by Crippen LogP contribution is 2.16. The minimum Gasteiger partial charge on any atom is -0.356 e. The second-order valence-corrected chi connectivity index (χ2v) is 6.27. The normalized spacial score (nSPS) is 15.6. The van der Waals surface area contributed by atoms with E-state index in [4.69, 9.17) is 0 Å². The standard InChI is InChI=1S/C18H28N4O.HI/c1-14-9-12-22(13-10-14)18(19-3)20-11-8-16-4-6-17(7-5-16)21-15(2)23;/h4-7,14H,8-13H2,1-3H3,(H,19,20)(H,21,23);1H. The Balaban J connectivity index is 0.00000288. The highest BCUT2D eigenvalue weighted by molar-refractivity contribution is 14.0. The van der Waals surface area contributed by atoms with E-state index in [1.807, 2.05) is 19.2 Å². The number of amides is 1. The fourth-order valence-corrected chi connectivity index (χ4v) is 2.83. The predicted octanol–water partition coefficient (Wildman–Crippen LogP) is 3.11. The Labute approximate surface area is 162 Å². The summed E-state index contributed by atoms with van der Waals surface area (Å²) in [5.41, 5.74) is 2.08. The molecule has 1 aliphatic heterocycles. The molecule has 1 amide bonds. The lowest BCUT2D eigenvalue weighted by Crippen LogP contribution is -2.45. The van der Waals surface area contributed by atoms with Gasteiger partial charge in [0.05, 0.1) is 0 Å². The van der Waals surface area contributed by atoms with Crippen LogP contribution >= 0.6 is 24.0 Å². The summed E-state index contributed by atoms with van der Waals surface area (Å²) < 4.78 is 0. The minimum atomic E-state index is -0.0425. The molecule has 5 nitrogen and oxygen atoms in total. The van der Waals surface area contributed by atoms with Crippen molar-refractivity contribution in [2.75, 3.05) is 32.0 Å². The first-order valence-electron chi connectivity index (χ1n) is 8.40. The van der Waals surface area contributed by atoms with Crippen LogP contribution < -0.4 is 10.6 Å². The topological polar surface area (TPSA) is 56.7 Å². The van der Waals surface area contributed by atoms with Crippen LogP contribution in [0.2, 0.25) is 0 Å². The molecular weight excluding hydrogens is 415 g/mol. The van der Waals surface area contributed by atoms with E-state index in [-0.39, 0.29) is 29.9 Å². The molecule has 0 bridgehead atoms. The summed E-state index contributed by atoms with van der Waals surface area (Å²) in [5.74, 6) is 1.79. The van der Waals surface area contributed by atoms with Crippen LogP contribution in [-0.4, -0.2) is 43.4 Å². The second kappa shape index (κ2) is 10.5. The van der Waals surface area contributed by atoms with Gasteiger partial charge in [-0.2, -0.15) is 0 Å². The number of carbonyl (C=O) groups is 1. The van der Waals surface area contributed by atoms with Crippen LogP contribution in [0, 0.1) is 5.92 Å². The predicted molar refractivity (Wildman–Crippen MR) is 111 cm³/mol. The van der Waals surface area contributed by atoms with Crippen LogP contribution in [0.1, 0.15) is 32.3 Å². The molecule has 0 radical (unpaired) electrons. The lowest BCUT2D eigenvalue weighted by Gasteiger charge is -2.32. The molecule has 1 heterocycles. The summed E-state index contributed by atoms with van der Waals surface area (Å²) in [7, 11) is 1.85. The zero-order valence-electron chi connectivity index (χ0n) is 14.8. The van der Waals surface area contributed by atoms with E-state index in [9.17, 15) is 4.79 Å². The Bertz CT molecular complexity index is 536. The van der Waals surface area contributed by atoms with Gasteiger partial charge in [0.1, 0.15) is 0 Å². The van der Waals surface area contributed by atoms with Crippen molar-refractivity contribution in [3.05, 3.63) is 29.8 Å². The van der Waals surface area contributed by atoms with E-state index in [1.165, 1.54) is 25.3 Å². The quantitative estimate of drug-likeness (QED) is 0.427. The molecule has 2 rings (SSSR count). The van der Waals surface area contributed by atoms with Gasteiger partial charge in [0, 0.05) is 39.3 Å². The number of benzene rings is 1. The summed E-state index contributed by atoms with van der Waals surface area (Å²) in [6.45, 7) is 6.87. The lowest BCUT2D eigenvalue weighted by atomic mass is 10.00. The zero-order valence-corrected chi connectivity index (χ0v) is 17.2. The number of carbonyl (C=O) groups excluding carboxylic acids is 1. The fourth-order valence-electron chi connectivity index (χ4n) is 2.83. The molecule has 1 aromatic rings. The Kier molecular flexibility index (Phi) is 9.10. The summed E-state index contributed by atoms with van der Waals surface area (Å²) in [5, 5.41) is 6.24. The zero-order chi connectivity index (χ0) is 16.7. The Morgan fingerprint density at radius 2 is 1.88 bits per heavy atom. The van der Waals surface area contributed by atoms with Crippen molar-refractivity contribution in [1.29, 1.82) is 0 Å². The van der Waals surface area contributed by atoms with E-state index in [2.05, 4.69) is 39.6 Å². The van der Waals surface area contributed by atoms with Gasteiger partial charge in [-0.25, -0.2) is 0 Å². The van der Waals surface area contributed by atoms with Crippen molar-refractivity contribution < 1.29 is 4.79 Å². The third-order valence-corrected chi connectivity index (χ3v) is 4.27. The molecule has 0 aliphatic carbocycles. The first-order chi connectivity index (χ1) is 11.1. The van der Waals surface area contributed by atoms with Crippen LogP contribution in [0.5, 0.6) is 0 Å². The van der Waals surface area contributed by atoms with Crippen molar-refractivity contribution in [3.8, 4) is 0 Å². The van der Waals surface area contributed by atoms with Gasteiger partial charge >= 0.3 is 0 Å². The largest absolute Gasteiger partial charge is 0.356 e. The Morgan fingerprint density at radius 1 is 1.25 bits per heavy atom. The number of aliphatic imine (C=N–C) groups is 1. The smallest absolute Gasteiger partial charge is 0.221 e. The molecule has 0 saturated carbocycles. The second-order valence-electron chi connectivity index (χ2n) is 6.27. The number of piperidine rings is 1. The van der Waals surface area contributed by atoms with Crippen molar-refractivity contribution >= 4 is 41.5 Å². The molecule has 1 saturated heterocycles. The Hall–Kier alpha value is -1.31. The van der Waals surface area contributed by atoms with E-state index < -0.39 is 0 Å². The molecule has 0 spiro atoms. The van der Waals surface area contributed by atoms with Gasteiger partial charge in [-0.3, -0.25) is 9.79 Å². The van der Waals surface area contributed by atoms with Gasteiger partial charge in [-0.15, -0.1) is 24.0 Å². The van der Waals surface area contributed by atoms with Crippen molar-refractivity contribution in [2.24, 2.45) is 10.9 Å². The van der Waals surface area contributed by atoms with Crippen LogP contribution in [0.25, 0.3) is 0 Å². The van der Waals surface area contributed by atoms with Crippen LogP contribution in [-0.2, 0) is 11.2 Å². The van der Waals surface area contributed by atoms with E-state index >= 15 is 0 Å². The van der Waals surface area contributed by atoms with E-state index in [0.717, 1.165) is 43.6 Å². The minimum absolute atomic E-state index is 0. The maximum atomic E-state index is 11.0. The summed E-state index contributed by atoms with van der Waals surface area (Å²) in [4.78, 5) is 17.8. The van der Waals surface area contributed by atoms with Crippen molar-refractivity contribution in [1.82, 2.24) is 10.2 Å². The number of likely N-dealkylation sites (tertiary alicyclic amines) is 1. The number of nitrogens with one attached hydrogen (secondary N) is 2. The maximum absolute atomic E-state index is 11.0. The number of guanidine groups is 1. The number of nitrogens with zero attached hydrogens (tertiary/aromatic N) is 2. The Morgan fingerprint density at radius 3 is 2.42 bits per heavy atom. The SMILES string of the molecule is CN=C(NCCc1ccc(NC(C)=O)cc1)N1CCC(C)CC1.I. The number of anilines is 1. The van der Waals surface area contributed by atoms with E-state index in [0.29, 0.717) is 0 Å². The van der Waals surface area contributed by atoms with Crippen LogP contribution in [0.4, 0.5) is 5.69 Å². The molecule has 1 aromatic carbocycles. The van der Waals surface area contributed by atoms with Gasteiger partial charge in [0.15, 0.2) is 5.96 Å². The van der Waals surface area contributed by atoms with Crippen molar-refractivity contribution in [3.63, 3.8) is 0 Å². The number of halogens is 1. The number of rotatable bonds is 4. The summed E-state index contributed by atoms with van der Waals surface area (Å²) in [6.07, 6.45) is 3.42. The molecule has 0 atom stereocenters. The number of hydrogen-bond donors (Lipinski definition) is 2. The number of hydrogen-bond acceptors (Lipinski definition) is 2. The average molecular weight is 444 g/mol. The molecule has 0 aromatic heterocycles. The molecule has 1 fully saturated rings. The lowest BCUT2D eigenvalue weighted by molar-refractivity contribution is -0.114. The van der Waals surface area contributed by atoms with Gasteiger partial charge in [-0.05, 0) is 42.9 Å². The highest BCUT2D eigenvalue weighted by atomic mass is 127. The van der Waals surface area contributed by atoms with Crippen LogP contribution in [0.3, 0.4) is 0 Å². The maximum Gasteiger partial charge on any atom is 0.221 e. The monoisotopic (exact) mass is 444 g/mol. The molecule has 6 heteroatoms. The average Bonchev–Trinajstić information content (AvgIpc) is 2.54. The summed E-state index contributed by atoms with van der Waals surface area (Å²) >= 11 is 0. The third kappa shape index (κ3) is 6.67. The molecular formula is C18H29IN4O. The molecule has 0 unspecified atom stereocenters. The molecule has 134 valence electrons.